The second-order valence-corrected chi connectivity index (χ2v) is 5.06. The highest BCUT2D eigenvalue weighted by Crippen LogP contribution is 2.21. The van der Waals surface area contributed by atoms with Crippen molar-refractivity contribution in [3.63, 3.8) is 0 Å². The van der Waals surface area contributed by atoms with Crippen LogP contribution in [0.3, 0.4) is 0 Å². The van der Waals surface area contributed by atoms with Crippen LogP contribution in [0.4, 0.5) is 17.6 Å². The van der Waals surface area contributed by atoms with Gasteiger partial charge in [0.05, 0.1) is 6.33 Å². The quantitative estimate of drug-likeness (QED) is 0.800. The van der Waals surface area contributed by atoms with Crippen LogP contribution in [0.15, 0.2) is 30.1 Å². The predicted octanol–water partition coefficient (Wildman–Crippen LogP) is 1.88. The van der Waals surface area contributed by atoms with Crippen LogP contribution < -0.4 is 15.4 Å². The van der Waals surface area contributed by atoms with Gasteiger partial charge in [-0.1, -0.05) is 0 Å². The molecule has 0 atom stereocenters. The molecular weight excluding hydrogens is 332 g/mol. The average molecular weight is 346 g/mol. The molecule has 0 spiro atoms. The Bertz CT molecular complexity index is 671. The van der Waals surface area contributed by atoms with Gasteiger partial charge in [0.15, 0.2) is 0 Å². The van der Waals surface area contributed by atoms with Gasteiger partial charge in [0.2, 0.25) is 0 Å². The van der Waals surface area contributed by atoms with E-state index in [1.54, 1.807) is 17.4 Å². The number of hydrogen-bond donors (Lipinski definition) is 2. The molecule has 130 valence electrons. The summed E-state index contributed by atoms with van der Waals surface area (Å²) in [7, 11) is 0. The van der Waals surface area contributed by atoms with Crippen molar-refractivity contribution < 1.29 is 31.9 Å². The van der Waals surface area contributed by atoms with E-state index in [1.165, 1.54) is 6.07 Å². The molecular formula is C15H14F4N2O3. The van der Waals surface area contributed by atoms with Crippen molar-refractivity contribution in [2.24, 2.45) is 0 Å². The normalized spacial score (nSPS) is 14.7. The summed E-state index contributed by atoms with van der Waals surface area (Å²) >= 11 is 0. The number of halogens is 4. The number of benzene rings is 1. The van der Waals surface area contributed by atoms with Gasteiger partial charge in [-0.25, -0.2) is 4.39 Å². The van der Waals surface area contributed by atoms with Crippen molar-refractivity contribution in [2.75, 3.05) is 19.7 Å². The molecule has 2 N–H and O–H groups in total. The van der Waals surface area contributed by atoms with Gasteiger partial charge in [-0.3, -0.25) is 9.59 Å². The number of nitrogens with one attached hydrogen (secondary N) is 2. The summed E-state index contributed by atoms with van der Waals surface area (Å²) in [4.78, 5) is 22.3. The lowest BCUT2D eigenvalue weighted by Gasteiger charge is -2.17. The highest BCUT2D eigenvalue weighted by atomic mass is 19.4. The van der Waals surface area contributed by atoms with Crippen molar-refractivity contribution in [3.05, 3.63) is 41.2 Å². The van der Waals surface area contributed by atoms with Gasteiger partial charge in [-0.2, -0.15) is 13.2 Å². The Morgan fingerprint density at radius 1 is 1.38 bits per heavy atom. The fourth-order valence-electron chi connectivity index (χ4n) is 2.09. The average Bonchev–Trinajstić information content (AvgIpc) is 2.54. The summed E-state index contributed by atoms with van der Waals surface area (Å²) in [6, 6.07) is 4.69. The highest BCUT2D eigenvalue weighted by Gasteiger charge is 2.38. The van der Waals surface area contributed by atoms with Crippen LogP contribution in [0.1, 0.15) is 15.9 Å². The van der Waals surface area contributed by atoms with Gasteiger partial charge in [-0.05, 0) is 30.2 Å². The van der Waals surface area contributed by atoms with Crippen molar-refractivity contribution in [1.82, 2.24) is 10.6 Å². The topological polar surface area (TPSA) is 67.4 Å². The number of carbonyl (C=O) groups is 2. The zero-order valence-corrected chi connectivity index (χ0v) is 12.4. The van der Waals surface area contributed by atoms with E-state index < -0.39 is 18.6 Å². The number of hydrogen-bond acceptors (Lipinski definition) is 3. The monoisotopic (exact) mass is 346 g/mol. The van der Waals surface area contributed by atoms with Gasteiger partial charge in [0.25, 0.3) is 5.91 Å². The van der Waals surface area contributed by atoms with E-state index in [2.05, 4.69) is 5.32 Å². The Morgan fingerprint density at radius 2 is 2.12 bits per heavy atom. The Hall–Kier alpha value is -2.58. The van der Waals surface area contributed by atoms with E-state index in [4.69, 9.17) is 4.74 Å². The zero-order valence-electron chi connectivity index (χ0n) is 12.4. The van der Waals surface area contributed by atoms with Crippen LogP contribution in [-0.2, 0) is 11.2 Å². The molecule has 1 aliphatic heterocycles. The number of amides is 2. The lowest BCUT2D eigenvalue weighted by atomic mass is 10.0. The first-order chi connectivity index (χ1) is 11.3. The van der Waals surface area contributed by atoms with Crippen LogP contribution in [-0.4, -0.2) is 37.7 Å². The minimum absolute atomic E-state index is 0.0858. The second kappa shape index (κ2) is 7.33. The first-order valence-corrected chi connectivity index (χ1v) is 6.98. The minimum atomic E-state index is -5.03. The first kappa shape index (κ1) is 17.8. The molecule has 2 amide bonds. The van der Waals surface area contributed by atoms with Crippen molar-refractivity contribution in [2.45, 2.75) is 12.6 Å². The fourth-order valence-corrected chi connectivity index (χ4v) is 2.09. The van der Waals surface area contributed by atoms with E-state index in [-0.39, 0.29) is 24.4 Å². The number of ether oxygens (including phenoxy) is 1. The van der Waals surface area contributed by atoms with Gasteiger partial charge in [0.1, 0.15) is 12.4 Å². The van der Waals surface area contributed by atoms with E-state index in [1.807, 2.05) is 0 Å². The Labute approximate surface area is 134 Å². The van der Waals surface area contributed by atoms with Crippen LogP contribution in [0.5, 0.6) is 5.75 Å². The molecule has 5 nitrogen and oxygen atoms in total. The maximum absolute atomic E-state index is 12.7. The molecule has 0 fully saturated rings. The van der Waals surface area contributed by atoms with Crippen molar-refractivity contribution in [3.8, 4) is 5.75 Å². The maximum Gasteiger partial charge on any atom is 0.471 e. The van der Waals surface area contributed by atoms with E-state index >= 15 is 0 Å². The number of alkyl halides is 3. The summed E-state index contributed by atoms with van der Waals surface area (Å²) in [5.41, 5.74) is 1.13. The predicted molar refractivity (Wildman–Crippen MR) is 76.2 cm³/mol. The standard InChI is InChI=1S/C15H14F4N2O3/c16-6-9(7-21-14(23)15(17,18)19)8-24-11-1-2-12-10(5-11)3-4-20-13(12)22/h1-2,5-6H,3-4,7-8H2,(H,20,22)(H,21,23)/b9-6-. The molecule has 1 aromatic rings. The van der Waals surface area contributed by atoms with Crippen LogP contribution in [0.25, 0.3) is 0 Å². The summed E-state index contributed by atoms with van der Waals surface area (Å²) in [6.45, 7) is -0.462. The SMILES string of the molecule is O=C1NCCc2cc(OC/C(=C\F)CNC(=O)C(F)(F)F)ccc21. The fraction of sp³-hybridized carbons (Fsp3) is 0.333. The number of fused-ring (bicyclic) bond motifs is 1. The molecule has 1 aliphatic rings. The summed E-state index contributed by atoms with van der Waals surface area (Å²) in [5.74, 6) is -1.99. The summed E-state index contributed by atoms with van der Waals surface area (Å²) < 4.78 is 54.2. The maximum atomic E-state index is 12.7. The van der Waals surface area contributed by atoms with Gasteiger partial charge >= 0.3 is 12.1 Å². The summed E-state index contributed by atoms with van der Waals surface area (Å²) in [5, 5.41) is 4.25. The second-order valence-electron chi connectivity index (χ2n) is 5.06. The molecule has 24 heavy (non-hydrogen) atoms. The molecule has 0 saturated carbocycles. The molecule has 2 rings (SSSR count). The Kier molecular flexibility index (Phi) is 5.42. The molecule has 0 bridgehead atoms. The molecule has 9 heteroatoms. The summed E-state index contributed by atoms with van der Waals surface area (Å²) in [6.07, 6.45) is -4.32. The smallest absolute Gasteiger partial charge is 0.471 e. The largest absolute Gasteiger partial charge is 0.489 e. The third-order valence-corrected chi connectivity index (χ3v) is 3.31. The molecule has 0 radical (unpaired) electrons. The zero-order chi connectivity index (χ0) is 17.7. The third kappa shape index (κ3) is 4.46. The Morgan fingerprint density at radius 3 is 2.79 bits per heavy atom. The lowest BCUT2D eigenvalue weighted by Crippen LogP contribution is -2.38. The van der Waals surface area contributed by atoms with Gasteiger partial charge < -0.3 is 15.4 Å². The highest BCUT2D eigenvalue weighted by molar-refractivity contribution is 5.96. The van der Waals surface area contributed by atoms with Crippen LogP contribution in [0.2, 0.25) is 0 Å². The molecule has 0 aliphatic carbocycles. The van der Waals surface area contributed by atoms with E-state index in [9.17, 15) is 27.2 Å². The Balaban J connectivity index is 1.92. The first-order valence-electron chi connectivity index (χ1n) is 6.98. The van der Waals surface area contributed by atoms with Gasteiger partial charge in [0, 0.05) is 24.2 Å². The molecule has 1 heterocycles. The van der Waals surface area contributed by atoms with Crippen molar-refractivity contribution in [1.29, 1.82) is 0 Å². The lowest BCUT2D eigenvalue weighted by molar-refractivity contribution is -0.173. The number of rotatable bonds is 5. The molecule has 0 saturated heterocycles. The third-order valence-electron chi connectivity index (χ3n) is 3.31. The molecule has 0 unspecified atom stereocenters. The van der Waals surface area contributed by atoms with Gasteiger partial charge in [-0.15, -0.1) is 0 Å². The molecule has 0 aromatic heterocycles. The molecule has 1 aromatic carbocycles. The van der Waals surface area contributed by atoms with Crippen LogP contribution >= 0.6 is 0 Å². The minimum Gasteiger partial charge on any atom is -0.489 e. The van der Waals surface area contributed by atoms with Crippen molar-refractivity contribution >= 4 is 11.8 Å². The van der Waals surface area contributed by atoms with E-state index in [0.717, 1.165) is 5.56 Å². The number of carbonyl (C=O) groups excluding carboxylic acids is 2. The van der Waals surface area contributed by atoms with Crippen LogP contribution in [0, 0.1) is 0 Å². The van der Waals surface area contributed by atoms with E-state index in [0.29, 0.717) is 24.3 Å².